The van der Waals surface area contributed by atoms with Crippen LogP contribution in [-0.4, -0.2) is 35.6 Å². The van der Waals surface area contributed by atoms with Crippen LogP contribution in [0, 0.1) is 11.8 Å². The predicted octanol–water partition coefficient (Wildman–Crippen LogP) is 2.22. The Kier molecular flexibility index (Phi) is 4.58. The van der Waals surface area contributed by atoms with E-state index in [1.54, 1.807) is 6.92 Å². The summed E-state index contributed by atoms with van der Waals surface area (Å²) in [4.78, 5) is 12.8. The van der Waals surface area contributed by atoms with Gasteiger partial charge in [0.05, 0.1) is 0 Å². The first-order valence-corrected chi connectivity index (χ1v) is 5.95. The number of carbonyl (C=O) groups is 1. The molecule has 3 atom stereocenters. The van der Waals surface area contributed by atoms with Crippen LogP contribution in [0.5, 0.6) is 0 Å². The molecule has 0 aromatic rings. The van der Waals surface area contributed by atoms with Crippen LogP contribution >= 0.6 is 0 Å². The molecule has 1 rings (SSSR count). The second-order valence-electron chi connectivity index (χ2n) is 4.98. The molecule has 3 heteroatoms. The highest BCUT2D eigenvalue weighted by Gasteiger charge is 2.25. The number of hydrogen-bond donors (Lipinski definition) is 1. The molecule has 1 aliphatic rings. The molecule has 0 aliphatic heterocycles. The second kappa shape index (κ2) is 5.50. The van der Waals surface area contributed by atoms with Gasteiger partial charge >= 0.3 is 5.97 Å². The fraction of sp³-hybridized carbons (Fsp3) is 0.917. The summed E-state index contributed by atoms with van der Waals surface area (Å²) in [6.07, 6.45) is 5.22. The summed E-state index contributed by atoms with van der Waals surface area (Å²) in [6.45, 7) is 4.98. The molecular formula is C12H23NO2. The van der Waals surface area contributed by atoms with E-state index in [4.69, 9.17) is 5.11 Å². The van der Waals surface area contributed by atoms with Gasteiger partial charge in [0.2, 0.25) is 0 Å². The van der Waals surface area contributed by atoms with Crippen molar-refractivity contribution in [1.82, 2.24) is 4.90 Å². The van der Waals surface area contributed by atoms with E-state index in [2.05, 4.69) is 6.92 Å². The number of carboxylic acid groups (broad SMARTS) is 1. The Balaban J connectivity index is 2.42. The lowest BCUT2D eigenvalue weighted by atomic mass is 9.80. The number of rotatable bonds is 4. The van der Waals surface area contributed by atoms with Gasteiger partial charge < -0.3 is 5.11 Å². The van der Waals surface area contributed by atoms with Crippen LogP contribution in [0.1, 0.15) is 39.5 Å². The largest absolute Gasteiger partial charge is 0.480 e. The van der Waals surface area contributed by atoms with Gasteiger partial charge in [-0.05, 0) is 32.2 Å². The Morgan fingerprint density at radius 3 is 2.60 bits per heavy atom. The van der Waals surface area contributed by atoms with Gasteiger partial charge in [0, 0.05) is 6.54 Å². The maximum atomic E-state index is 10.8. The molecule has 3 unspecified atom stereocenters. The molecule has 1 aliphatic carbocycles. The van der Waals surface area contributed by atoms with Gasteiger partial charge in [0.15, 0.2) is 0 Å². The Hall–Kier alpha value is -0.570. The lowest BCUT2D eigenvalue weighted by molar-refractivity contribution is -0.142. The lowest BCUT2D eigenvalue weighted by Gasteiger charge is -2.33. The summed E-state index contributed by atoms with van der Waals surface area (Å²) in [5, 5.41) is 8.91. The number of carboxylic acids is 1. The van der Waals surface area contributed by atoms with Crippen molar-refractivity contribution in [2.45, 2.75) is 45.6 Å². The Labute approximate surface area is 92.5 Å². The summed E-state index contributed by atoms with van der Waals surface area (Å²) < 4.78 is 0. The average Bonchev–Trinajstić information content (AvgIpc) is 2.20. The van der Waals surface area contributed by atoms with Gasteiger partial charge in [0.25, 0.3) is 0 Å². The maximum Gasteiger partial charge on any atom is 0.320 e. The van der Waals surface area contributed by atoms with Gasteiger partial charge in [-0.3, -0.25) is 9.69 Å². The van der Waals surface area contributed by atoms with Crippen molar-refractivity contribution in [1.29, 1.82) is 0 Å². The quantitative estimate of drug-likeness (QED) is 0.778. The number of hydrogen-bond acceptors (Lipinski definition) is 2. The van der Waals surface area contributed by atoms with E-state index in [0.29, 0.717) is 5.92 Å². The SMILES string of the molecule is CC1CCCCC1CN(C)C(C)C(=O)O. The molecule has 3 nitrogen and oxygen atoms in total. The molecule has 15 heavy (non-hydrogen) atoms. The third-order valence-corrected chi connectivity index (χ3v) is 3.83. The summed E-state index contributed by atoms with van der Waals surface area (Å²) in [5.74, 6) is 0.716. The minimum absolute atomic E-state index is 0.362. The average molecular weight is 213 g/mol. The minimum Gasteiger partial charge on any atom is -0.480 e. The number of aliphatic carboxylic acids is 1. The summed E-state index contributed by atoms with van der Waals surface area (Å²) in [7, 11) is 1.92. The van der Waals surface area contributed by atoms with E-state index in [9.17, 15) is 4.79 Å². The molecule has 0 saturated heterocycles. The minimum atomic E-state index is -0.721. The third-order valence-electron chi connectivity index (χ3n) is 3.83. The number of nitrogens with zero attached hydrogens (tertiary/aromatic N) is 1. The van der Waals surface area contributed by atoms with Crippen molar-refractivity contribution in [2.75, 3.05) is 13.6 Å². The van der Waals surface area contributed by atoms with Crippen LogP contribution in [0.4, 0.5) is 0 Å². The van der Waals surface area contributed by atoms with E-state index >= 15 is 0 Å². The number of likely N-dealkylation sites (N-methyl/N-ethyl adjacent to an activating group) is 1. The van der Waals surface area contributed by atoms with Crippen molar-refractivity contribution < 1.29 is 9.90 Å². The first-order valence-electron chi connectivity index (χ1n) is 5.95. The topological polar surface area (TPSA) is 40.5 Å². The molecule has 0 bridgehead atoms. The fourth-order valence-corrected chi connectivity index (χ4v) is 2.38. The van der Waals surface area contributed by atoms with Gasteiger partial charge in [-0.15, -0.1) is 0 Å². The van der Waals surface area contributed by atoms with Crippen LogP contribution in [0.2, 0.25) is 0 Å². The smallest absolute Gasteiger partial charge is 0.320 e. The highest BCUT2D eigenvalue weighted by molar-refractivity contribution is 5.72. The van der Waals surface area contributed by atoms with Gasteiger partial charge in [-0.25, -0.2) is 0 Å². The van der Waals surface area contributed by atoms with Crippen LogP contribution in [0.25, 0.3) is 0 Å². The summed E-state index contributed by atoms with van der Waals surface area (Å²) in [5.41, 5.74) is 0. The molecule has 0 aromatic carbocycles. The Morgan fingerprint density at radius 1 is 1.47 bits per heavy atom. The van der Waals surface area contributed by atoms with E-state index in [0.717, 1.165) is 12.5 Å². The molecule has 0 heterocycles. The highest BCUT2D eigenvalue weighted by atomic mass is 16.4. The Bertz CT molecular complexity index is 218. The maximum absolute atomic E-state index is 10.8. The second-order valence-corrected chi connectivity index (χ2v) is 4.98. The molecule has 1 saturated carbocycles. The standard InChI is InChI=1S/C12H23NO2/c1-9-6-4-5-7-11(9)8-13(3)10(2)12(14)15/h9-11H,4-8H2,1-3H3,(H,14,15). The monoisotopic (exact) mass is 213 g/mol. The molecule has 0 aromatic heterocycles. The van der Waals surface area contributed by atoms with Gasteiger partial charge in [0.1, 0.15) is 6.04 Å². The van der Waals surface area contributed by atoms with Gasteiger partial charge in [-0.2, -0.15) is 0 Å². The van der Waals surface area contributed by atoms with Crippen LogP contribution in [-0.2, 0) is 4.79 Å². The zero-order chi connectivity index (χ0) is 11.4. The zero-order valence-corrected chi connectivity index (χ0v) is 10.1. The molecule has 88 valence electrons. The first-order chi connectivity index (χ1) is 7.02. The van der Waals surface area contributed by atoms with Crippen LogP contribution in [0.15, 0.2) is 0 Å². The van der Waals surface area contributed by atoms with Crippen molar-refractivity contribution in [3.63, 3.8) is 0 Å². The molecule has 0 radical (unpaired) electrons. The molecule has 1 fully saturated rings. The van der Waals surface area contributed by atoms with Gasteiger partial charge in [-0.1, -0.05) is 26.2 Å². The van der Waals surface area contributed by atoms with E-state index < -0.39 is 5.97 Å². The van der Waals surface area contributed by atoms with Crippen molar-refractivity contribution in [3.05, 3.63) is 0 Å². The Morgan fingerprint density at radius 2 is 2.07 bits per heavy atom. The zero-order valence-electron chi connectivity index (χ0n) is 10.1. The lowest BCUT2D eigenvalue weighted by Crippen LogP contribution is -2.40. The highest BCUT2D eigenvalue weighted by Crippen LogP contribution is 2.30. The fourth-order valence-electron chi connectivity index (χ4n) is 2.38. The molecule has 0 spiro atoms. The van der Waals surface area contributed by atoms with E-state index in [1.807, 2.05) is 11.9 Å². The predicted molar refractivity (Wildman–Crippen MR) is 60.8 cm³/mol. The van der Waals surface area contributed by atoms with Crippen molar-refractivity contribution in [2.24, 2.45) is 11.8 Å². The van der Waals surface area contributed by atoms with Crippen molar-refractivity contribution >= 4 is 5.97 Å². The third kappa shape index (κ3) is 3.49. The normalized spacial score (nSPS) is 29.1. The molecule has 0 amide bonds. The van der Waals surface area contributed by atoms with E-state index in [1.165, 1.54) is 25.7 Å². The summed E-state index contributed by atoms with van der Waals surface area (Å²) in [6, 6.07) is -0.362. The van der Waals surface area contributed by atoms with E-state index in [-0.39, 0.29) is 6.04 Å². The van der Waals surface area contributed by atoms with Crippen LogP contribution in [0.3, 0.4) is 0 Å². The first kappa shape index (κ1) is 12.5. The van der Waals surface area contributed by atoms with Crippen molar-refractivity contribution in [3.8, 4) is 0 Å². The summed E-state index contributed by atoms with van der Waals surface area (Å²) >= 11 is 0. The van der Waals surface area contributed by atoms with Crippen LogP contribution < -0.4 is 0 Å². The molecular weight excluding hydrogens is 190 g/mol. The molecule has 1 N–H and O–H groups in total.